The van der Waals surface area contributed by atoms with Crippen LogP contribution < -0.4 is 9.47 Å². The van der Waals surface area contributed by atoms with Crippen LogP contribution in [0, 0.1) is 11.8 Å². The molecule has 0 spiro atoms. The van der Waals surface area contributed by atoms with Crippen molar-refractivity contribution in [2.75, 3.05) is 0 Å². The van der Waals surface area contributed by atoms with Crippen molar-refractivity contribution in [3.63, 3.8) is 0 Å². The largest absolute Gasteiger partial charge is 0.429 e. The Morgan fingerprint density at radius 3 is 2.27 bits per heavy atom. The summed E-state index contributed by atoms with van der Waals surface area (Å²) < 4.78 is 10.0. The first kappa shape index (κ1) is 25.7. The van der Waals surface area contributed by atoms with E-state index in [9.17, 15) is 9.59 Å². The minimum atomic E-state index is 0.279. The third-order valence-electron chi connectivity index (χ3n) is 5.49. The van der Waals surface area contributed by atoms with Crippen LogP contribution in [0.3, 0.4) is 0 Å². The van der Waals surface area contributed by atoms with Crippen LogP contribution in [0.2, 0.25) is 0 Å². The van der Waals surface area contributed by atoms with Gasteiger partial charge in [-0.05, 0) is 48.1 Å². The Bertz CT molecular complexity index is 1440. The van der Waals surface area contributed by atoms with Crippen LogP contribution in [-0.4, -0.2) is 27.9 Å². The monoisotopic (exact) mass is 511 g/mol. The van der Waals surface area contributed by atoms with Gasteiger partial charge in [0.05, 0.1) is 27.7 Å². The molecule has 186 valence electrons. The van der Waals surface area contributed by atoms with Crippen LogP contribution in [0.4, 0.5) is 0 Å². The van der Waals surface area contributed by atoms with E-state index in [1.807, 2.05) is 12.1 Å². The van der Waals surface area contributed by atoms with E-state index in [2.05, 4.69) is 45.2 Å². The summed E-state index contributed by atoms with van der Waals surface area (Å²) >= 11 is 1.65. The maximum atomic E-state index is 11.0. The molecule has 37 heavy (non-hydrogen) atoms. The Kier molecular flexibility index (Phi) is 9.11. The van der Waals surface area contributed by atoms with Crippen molar-refractivity contribution >= 4 is 24.3 Å². The lowest BCUT2D eigenvalue weighted by molar-refractivity contribution is -0.121. The van der Waals surface area contributed by atoms with Gasteiger partial charge in [0, 0.05) is 36.2 Å². The molecule has 0 atom stereocenters. The number of hydrogen-bond donors (Lipinski definition) is 0. The first-order chi connectivity index (χ1) is 18.2. The quantitative estimate of drug-likeness (QED) is 0.141. The summed E-state index contributed by atoms with van der Waals surface area (Å²) in [5.41, 5.74) is 4.03. The van der Waals surface area contributed by atoms with Gasteiger partial charge in [0.25, 0.3) is 12.9 Å². The molecule has 0 aliphatic carbocycles. The number of nitrogens with zero attached hydrogens (tertiary/aromatic N) is 3. The smallest absolute Gasteiger partial charge is 0.298 e. The molecule has 8 heteroatoms. The third-order valence-corrected chi connectivity index (χ3v) is 6.38. The summed E-state index contributed by atoms with van der Waals surface area (Å²) in [6.07, 6.45) is 9.23. The van der Waals surface area contributed by atoms with Crippen LogP contribution in [0.5, 0.6) is 11.5 Å². The molecule has 7 nitrogen and oxygen atoms in total. The van der Waals surface area contributed by atoms with Crippen LogP contribution in [-0.2, 0) is 16.0 Å². The summed E-state index contributed by atoms with van der Waals surface area (Å²) in [4.78, 5) is 36.1. The Labute approximate surface area is 219 Å². The number of aromatic nitrogens is 3. The number of carbonyl (C=O) groups excluding carboxylic acids is 2. The van der Waals surface area contributed by atoms with Crippen molar-refractivity contribution in [2.24, 2.45) is 0 Å². The van der Waals surface area contributed by atoms with E-state index < -0.39 is 0 Å². The fourth-order valence-electron chi connectivity index (χ4n) is 3.68. The summed E-state index contributed by atoms with van der Waals surface area (Å²) in [6.45, 7) is 2.90. The van der Waals surface area contributed by atoms with Crippen molar-refractivity contribution in [2.45, 2.75) is 39.0 Å². The van der Waals surface area contributed by atoms with Gasteiger partial charge in [0.1, 0.15) is 11.5 Å². The molecule has 0 bridgehead atoms. The SMILES string of the molecule is CCCCCCc1csc(C#Cc2ccnc(-c3cc(OC=O)cc(-c4cc(OC=O)ccn4)n3)c2)c1. The molecule has 0 saturated heterocycles. The molecule has 0 aliphatic heterocycles. The number of ether oxygens (including phenoxy) is 2. The standard InChI is InChI=1S/C29H25N3O4S/c1-2-3-4-5-6-22-13-25(37-18-22)8-7-21-9-11-30-26(14-21)28-16-24(36-20-34)17-29(32-28)27-15-23(35-19-33)10-12-31-27/h9-20H,2-6H2,1H3. The van der Waals surface area contributed by atoms with E-state index in [1.165, 1.54) is 37.4 Å². The average Bonchev–Trinajstić information content (AvgIpc) is 3.38. The predicted octanol–water partition coefficient (Wildman–Crippen LogP) is 5.86. The van der Waals surface area contributed by atoms with E-state index >= 15 is 0 Å². The van der Waals surface area contributed by atoms with Gasteiger partial charge < -0.3 is 9.47 Å². The van der Waals surface area contributed by atoms with Gasteiger partial charge in [-0.15, -0.1) is 11.3 Å². The van der Waals surface area contributed by atoms with E-state index in [4.69, 9.17) is 9.47 Å². The van der Waals surface area contributed by atoms with E-state index in [1.54, 1.807) is 41.8 Å². The fourth-order valence-corrected chi connectivity index (χ4v) is 4.48. The van der Waals surface area contributed by atoms with Crippen LogP contribution >= 0.6 is 11.3 Å². The molecule has 4 rings (SSSR count). The molecule has 4 aromatic rings. The van der Waals surface area contributed by atoms with Crippen LogP contribution in [0.15, 0.2) is 60.2 Å². The van der Waals surface area contributed by atoms with E-state index in [-0.39, 0.29) is 5.75 Å². The number of hydrogen-bond acceptors (Lipinski definition) is 8. The normalized spacial score (nSPS) is 10.3. The van der Waals surface area contributed by atoms with Crippen molar-refractivity contribution in [3.8, 4) is 46.1 Å². The molecular formula is C29H25N3O4S. The van der Waals surface area contributed by atoms with Crippen molar-refractivity contribution < 1.29 is 19.1 Å². The zero-order valence-electron chi connectivity index (χ0n) is 20.3. The maximum Gasteiger partial charge on any atom is 0.298 e. The molecule has 4 aromatic heterocycles. The van der Waals surface area contributed by atoms with Crippen molar-refractivity contribution in [3.05, 3.63) is 76.2 Å². The second kappa shape index (κ2) is 13.1. The van der Waals surface area contributed by atoms with E-state index in [0.29, 0.717) is 41.5 Å². The summed E-state index contributed by atoms with van der Waals surface area (Å²) in [7, 11) is 0. The maximum absolute atomic E-state index is 11.0. The highest BCUT2D eigenvalue weighted by molar-refractivity contribution is 7.10. The molecule has 0 fully saturated rings. The summed E-state index contributed by atoms with van der Waals surface area (Å²) in [5.74, 6) is 7.05. The van der Waals surface area contributed by atoms with Crippen LogP contribution in [0.1, 0.15) is 48.6 Å². The van der Waals surface area contributed by atoms with Gasteiger partial charge in [0.15, 0.2) is 0 Å². The number of carbonyl (C=O) groups is 2. The van der Waals surface area contributed by atoms with Gasteiger partial charge in [-0.25, -0.2) is 4.98 Å². The summed E-state index contributed by atoms with van der Waals surface area (Å²) in [5, 5.41) is 2.18. The Morgan fingerprint density at radius 1 is 0.811 bits per heavy atom. The molecule has 0 unspecified atom stereocenters. The lowest BCUT2D eigenvalue weighted by Crippen LogP contribution is -1.97. The zero-order valence-corrected chi connectivity index (χ0v) is 21.2. The number of rotatable bonds is 11. The topological polar surface area (TPSA) is 91.3 Å². The first-order valence-corrected chi connectivity index (χ1v) is 12.8. The minimum absolute atomic E-state index is 0.279. The number of pyridine rings is 3. The Hall–Kier alpha value is -4.35. The van der Waals surface area contributed by atoms with Gasteiger partial charge in [-0.3, -0.25) is 19.6 Å². The highest BCUT2D eigenvalue weighted by atomic mass is 32.1. The molecular weight excluding hydrogens is 486 g/mol. The number of thiophene rings is 1. The number of aryl methyl sites for hydroxylation is 1. The second-order valence-corrected chi connectivity index (χ2v) is 9.10. The molecule has 4 heterocycles. The molecule has 0 amide bonds. The lowest BCUT2D eigenvalue weighted by atomic mass is 10.1. The molecule has 0 aromatic carbocycles. The summed E-state index contributed by atoms with van der Waals surface area (Å²) in [6, 6.07) is 12.2. The number of unbranched alkanes of at least 4 members (excludes halogenated alkanes) is 3. The van der Waals surface area contributed by atoms with Gasteiger partial charge >= 0.3 is 0 Å². The Balaban J connectivity index is 1.58. The third kappa shape index (κ3) is 7.32. The minimum Gasteiger partial charge on any atom is -0.429 e. The molecule has 0 radical (unpaired) electrons. The van der Waals surface area contributed by atoms with Crippen molar-refractivity contribution in [1.82, 2.24) is 15.0 Å². The average molecular weight is 512 g/mol. The zero-order chi connectivity index (χ0) is 25.9. The Morgan fingerprint density at radius 2 is 1.51 bits per heavy atom. The van der Waals surface area contributed by atoms with Gasteiger partial charge in [-0.2, -0.15) is 0 Å². The highest BCUT2D eigenvalue weighted by Gasteiger charge is 2.11. The van der Waals surface area contributed by atoms with E-state index in [0.717, 1.165) is 16.9 Å². The second-order valence-electron chi connectivity index (χ2n) is 8.19. The molecule has 0 saturated carbocycles. The highest BCUT2D eigenvalue weighted by Crippen LogP contribution is 2.28. The lowest BCUT2D eigenvalue weighted by Gasteiger charge is -2.08. The predicted molar refractivity (Wildman–Crippen MR) is 142 cm³/mol. The van der Waals surface area contributed by atoms with Crippen molar-refractivity contribution in [1.29, 1.82) is 0 Å². The molecule has 0 aliphatic rings. The first-order valence-electron chi connectivity index (χ1n) is 11.9. The van der Waals surface area contributed by atoms with Crippen LogP contribution in [0.25, 0.3) is 22.8 Å². The molecule has 0 N–H and O–H groups in total. The van der Waals surface area contributed by atoms with Gasteiger partial charge in [0.2, 0.25) is 0 Å². The van der Waals surface area contributed by atoms with Gasteiger partial charge in [-0.1, -0.05) is 38.0 Å². The fraction of sp³-hybridized carbons (Fsp3) is 0.207.